The van der Waals surface area contributed by atoms with Gasteiger partial charge >= 0.3 is 0 Å². The van der Waals surface area contributed by atoms with Crippen molar-refractivity contribution in [3.05, 3.63) is 0 Å². The fraction of sp³-hybridized carbons (Fsp3) is 1.00. The monoisotopic (exact) mass is 403 g/mol. The van der Waals surface area contributed by atoms with Gasteiger partial charge in [0.1, 0.15) is 0 Å². The summed E-state index contributed by atoms with van der Waals surface area (Å²) in [5, 5.41) is 3.49. The first-order chi connectivity index (χ1) is 12.9. The van der Waals surface area contributed by atoms with Crippen molar-refractivity contribution in [2.45, 2.75) is 149 Å². The largest absolute Gasteiger partial charge is 0.317 e. The lowest BCUT2D eigenvalue weighted by atomic mass is 10.0. The summed E-state index contributed by atoms with van der Waals surface area (Å²) in [4.78, 5) is 0. The summed E-state index contributed by atoms with van der Waals surface area (Å²) in [5.74, 6) is 0. The molecule has 0 rings (SSSR count). The highest BCUT2D eigenvalue weighted by atomic mass is 35.5. The highest BCUT2D eigenvalue weighted by Crippen LogP contribution is 2.14. The standard InChI is InChI=1S/C25H53N.ClH/c1-3-5-6-7-8-9-10-11-12-13-14-15-16-17-18-19-20-21-22-23-25-26-24-4-2;/h26H,3-25H2,1-2H3;1H. The van der Waals surface area contributed by atoms with Gasteiger partial charge < -0.3 is 5.32 Å². The van der Waals surface area contributed by atoms with Crippen LogP contribution in [-0.4, -0.2) is 13.1 Å². The Labute approximate surface area is 179 Å². The lowest BCUT2D eigenvalue weighted by molar-refractivity contribution is 0.519. The smallest absolute Gasteiger partial charge is 0.00489 e. The second kappa shape index (κ2) is 28.5. The first-order valence-corrected chi connectivity index (χ1v) is 12.6. The van der Waals surface area contributed by atoms with Crippen molar-refractivity contribution in [2.75, 3.05) is 13.1 Å². The molecule has 0 aromatic rings. The van der Waals surface area contributed by atoms with E-state index in [-0.39, 0.29) is 12.4 Å². The third kappa shape index (κ3) is 28.6. The second-order valence-corrected chi connectivity index (χ2v) is 8.47. The number of rotatable bonds is 23. The molecule has 0 unspecified atom stereocenters. The van der Waals surface area contributed by atoms with Crippen LogP contribution in [-0.2, 0) is 0 Å². The average molecular weight is 404 g/mol. The predicted octanol–water partition coefficient (Wildman–Crippen LogP) is 9.23. The highest BCUT2D eigenvalue weighted by Gasteiger charge is 1.95. The van der Waals surface area contributed by atoms with Gasteiger partial charge in [-0.25, -0.2) is 0 Å². The van der Waals surface area contributed by atoms with E-state index in [1.54, 1.807) is 0 Å². The first kappa shape index (κ1) is 29.5. The Morgan fingerprint density at radius 2 is 0.630 bits per heavy atom. The van der Waals surface area contributed by atoms with Crippen molar-refractivity contribution in [3.8, 4) is 0 Å². The van der Waals surface area contributed by atoms with Gasteiger partial charge in [-0.3, -0.25) is 0 Å². The Kier molecular flexibility index (Phi) is 31.0. The first-order valence-electron chi connectivity index (χ1n) is 12.6. The normalized spacial score (nSPS) is 10.9. The third-order valence-electron chi connectivity index (χ3n) is 5.63. The van der Waals surface area contributed by atoms with Crippen molar-refractivity contribution in [3.63, 3.8) is 0 Å². The molecule has 0 atom stereocenters. The molecule has 0 saturated heterocycles. The van der Waals surface area contributed by atoms with Crippen LogP contribution in [0.15, 0.2) is 0 Å². The van der Waals surface area contributed by atoms with Crippen LogP contribution in [0, 0.1) is 0 Å². The van der Waals surface area contributed by atoms with Crippen LogP contribution in [0.1, 0.15) is 149 Å². The molecule has 0 amide bonds. The van der Waals surface area contributed by atoms with Crippen LogP contribution in [0.5, 0.6) is 0 Å². The van der Waals surface area contributed by atoms with E-state index < -0.39 is 0 Å². The van der Waals surface area contributed by atoms with Crippen molar-refractivity contribution in [1.29, 1.82) is 0 Å². The van der Waals surface area contributed by atoms with E-state index in [0.29, 0.717) is 0 Å². The van der Waals surface area contributed by atoms with Crippen molar-refractivity contribution >= 4 is 12.4 Å². The molecule has 0 aliphatic carbocycles. The van der Waals surface area contributed by atoms with Crippen LogP contribution in [0.25, 0.3) is 0 Å². The SMILES string of the molecule is CCCCCCCCCCCCCCCCCCCCCCNCCC.Cl. The van der Waals surface area contributed by atoms with Gasteiger partial charge in [-0.15, -0.1) is 12.4 Å². The van der Waals surface area contributed by atoms with Crippen LogP contribution < -0.4 is 5.32 Å². The topological polar surface area (TPSA) is 12.0 Å². The van der Waals surface area contributed by atoms with Gasteiger partial charge in [0.15, 0.2) is 0 Å². The molecule has 0 heterocycles. The van der Waals surface area contributed by atoms with E-state index in [1.807, 2.05) is 0 Å². The average Bonchev–Trinajstić information content (AvgIpc) is 2.66. The molecule has 0 aliphatic rings. The molecule has 27 heavy (non-hydrogen) atoms. The summed E-state index contributed by atoms with van der Waals surface area (Å²) in [7, 11) is 0. The van der Waals surface area contributed by atoms with E-state index in [4.69, 9.17) is 0 Å². The Morgan fingerprint density at radius 3 is 0.926 bits per heavy atom. The molecule has 166 valence electrons. The maximum Gasteiger partial charge on any atom is -0.00489 e. The molecule has 0 aliphatic heterocycles. The van der Waals surface area contributed by atoms with Crippen molar-refractivity contribution < 1.29 is 0 Å². The van der Waals surface area contributed by atoms with E-state index in [0.717, 1.165) is 0 Å². The molecular weight excluding hydrogens is 350 g/mol. The number of hydrogen-bond acceptors (Lipinski definition) is 1. The van der Waals surface area contributed by atoms with Gasteiger partial charge in [0.2, 0.25) is 0 Å². The molecular formula is C25H54ClN. The Balaban J connectivity index is 0. The van der Waals surface area contributed by atoms with Gasteiger partial charge in [0.05, 0.1) is 0 Å². The number of halogens is 1. The summed E-state index contributed by atoms with van der Waals surface area (Å²) < 4.78 is 0. The van der Waals surface area contributed by atoms with Crippen LogP contribution >= 0.6 is 12.4 Å². The van der Waals surface area contributed by atoms with Crippen molar-refractivity contribution in [2.24, 2.45) is 0 Å². The summed E-state index contributed by atoms with van der Waals surface area (Å²) in [6.07, 6.45) is 30.5. The van der Waals surface area contributed by atoms with Gasteiger partial charge in [0.25, 0.3) is 0 Å². The molecule has 0 radical (unpaired) electrons. The summed E-state index contributed by atoms with van der Waals surface area (Å²) in [6, 6.07) is 0. The van der Waals surface area contributed by atoms with Gasteiger partial charge in [0, 0.05) is 0 Å². The van der Waals surface area contributed by atoms with E-state index in [1.165, 1.54) is 148 Å². The molecule has 0 saturated carbocycles. The Morgan fingerprint density at radius 1 is 0.333 bits per heavy atom. The maximum atomic E-state index is 3.49. The third-order valence-corrected chi connectivity index (χ3v) is 5.63. The fourth-order valence-corrected chi connectivity index (χ4v) is 3.81. The van der Waals surface area contributed by atoms with Gasteiger partial charge in [-0.05, 0) is 25.9 Å². The second-order valence-electron chi connectivity index (χ2n) is 8.47. The van der Waals surface area contributed by atoms with Crippen LogP contribution in [0.2, 0.25) is 0 Å². The number of unbranched alkanes of at least 4 members (excludes halogenated alkanes) is 19. The molecule has 2 heteroatoms. The summed E-state index contributed by atoms with van der Waals surface area (Å²) in [5.41, 5.74) is 0. The van der Waals surface area contributed by atoms with Gasteiger partial charge in [-0.1, -0.05) is 136 Å². The Hall–Kier alpha value is 0.250. The molecule has 1 N–H and O–H groups in total. The van der Waals surface area contributed by atoms with E-state index >= 15 is 0 Å². The lowest BCUT2D eigenvalue weighted by Gasteiger charge is -2.04. The molecule has 0 fully saturated rings. The summed E-state index contributed by atoms with van der Waals surface area (Å²) in [6.45, 7) is 6.96. The maximum absolute atomic E-state index is 3.49. The van der Waals surface area contributed by atoms with E-state index in [2.05, 4.69) is 19.2 Å². The zero-order chi connectivity index (χ0) is 19.0. The molecule has 0 aromatic carbocycles. The lowest BCUT2D eigenvalue weighted by Crippen LogP contribution is -2.15. The number of nitrogens with one attached hydrogen (secondary N) is 1. The zero-order valence-electron chi connectivity index (χ0n) is 19.2. The fourth-order valence-electron chi connectivity index (χ4n) is 3.81. The minimum absolute atomic E-state index is 0. The summed E-state index contributed by atoms with van der Waals surface area (Å²) >= 11 is 0. The van der Waals surface area contributed by atoms with Crippen LogP contribution in [0.4, 0.5) is 0 Å². The predicted molar refractivity (Wildman–Crippen MR) is 128 cm³/mol. The zero-order valence-corrected chi connectivity index (χ0v) is 20.0. The van der Waals surface area contributed by atoms with Gasteiger partial charge in [-0.2, -0.15) is 0 Å². The highest BCUT2D eigenvalue weighted by molar-refractivity contribution is 5.85. The van der Waals surface area contributed by atoms with Crippen LogP contribution in [0.3, 0.4) is 0 Å². The quantitative estimate of drug-likeness (QED) is 0.167. The van der Waals surface area contributed by atoms with E-state index in [9.17, 15) is 0 Å². The Bertz CT molecular complexity index is 208. The minimum atomic E-state index is 0. The number of hydrogen-bond donors (Lipinski definition) is 1. The molecule has 0 aromatic heterocycles. The molecule has 0 spiro atoms. The minimum Gasteiger partial charge on any atom is -0.317 e. The molecule has 1 nitrogen and oxygen atoms in total. The van der Waals surface area contributed by atoms with Crippen molar-refractivity contribution in [1.82, 2.24) is 5.32 Å². The molecule has 0 bridgehead atoms.